The maximum atomic E-state index is 11.5. The molecule has 1 aliphatic rings. The van der Waals surface area contributed by atoms with Crippen LogP contribution in [-0.2, 0) is 16.3 Å². The second kappa shape index (κ2) is 12.6. The minimum absolute atomic E-state index is 0. The van der Waals surface area contributed by atoms with E-state index in [9.17, 15) is 8.42 Å². The van der Waals surface area contributed by atoms with E-state index in [1.165, 1.54) is 44.8 Å². The highest BCUT2D eigenvalue weighted by Crippen LogP contribution is 2.26. The summed E-state index contributed by atoms with van der Waals surface area (Å²) in [5, 5.41) is 6.67. The van der Waals surface area contributed by atoms with Crippen LogP contribution in [0.15, 0.2) is 34.2 Å². The molecule has 0 saturated heterocycles. The molecule has 0 unspecified atom stereocenters. The van der Waals surface area contributed by atoms with Crippen LogP contribution in [0.3, 0.4) is 0 Å². The standard InChI is InChI=1S/C20H33N3O2S.HI/c1-3-21-20(22-15-13-17-7-5-4-6-8-17)23-16-14-18-9-11-19(12-10-18)26(2,24)25;/h9-12,17H,3-8,13-16H2,1-2H3,(H2,21,22,23);1H. The van der Waals surface area contributed by atoms with Crippen molar-refractivity contribution >= 4 is 39.8 Å². The molecule has 2 N–H and O–H groups in total. The molecule has 1 aliphatic carbocycles. The number of halogens is 1. The quantitative estimate of drug-likeness (QED) is 0.319. The summed E-state index contributed by atoms with van der Waals surface area (Å²) in [5.74, 6) is 1.72. The lowest BCUT2D eigenvalue weighted by molar-refractivity contribution is 0.343. The van der Waals surface area contributed by atoms with Crippen LogP contribution in [0.4, 0.5) is 0 Å². The van der Waals surface area contributed by atoms with Gasteiger partial charge < -0.3 is 10.6 Å². The largest absolute Gasteiger partial charge is 0.357 e. The molecule has 1 saturated carbocycles. The smallest absolute Gasteiger partial charge is 0.191 e. The number of hydrogen-bond acceptors (Lipinski definition) is 3. The lowest BCUT2D eigenvalue weighted by Crippen LogP contribution is -2.38. The van der Waals surface area contributed by atoms with Gasteiger partial charge in [0.25, 0.3) is 0 Å². The monoisotopic (exact) mass is 507 g/mol. The maximum Gasteiger partial charge on any atom is 0.191 e. The molecular weight excluding hydrogens is 473 g/mol. The number of hydrogen-bond donors (Lipinski definition) is 2. The summed E-state index contributed by atoms with van der Waals surface area (Å²) in [4.78, 5) is 5.07. The molecule has 154 valence electrons. The van der Waals surface area contributed by atoms with Crippen molar-refractivity contribution in [2.75, 3.05) is 25.9 Å². The van der Waals surface area contributed by atoms with Crippen molar-refractivity contribution in [3.05, 3.63) is 29.8 Å². The van der Waals surface area contributed by atoms with Crippen LogP contribution in [0.25, 0.3) is 0 Å². The summed E-state index contributed by atoms with van der Waals surface area (Å²) in [6, 6.07) is 7.11. The van der Waals surface area contributed by atoms with Crippen molar-refractivity contribution in [3.63, 3.8) is 0 Å². The van der Waals surface area contributed by atoms with E-state index in [1.807, 2.05) is 12.1 Å². The SMILES string of the molecule is CCNC(=NCCC1CCCCC1)NCCc1ccc(S(C)(=O)=O)cc1.I. The van der Waals surface area contributed by atoms with E-state index in [-0.39, 0.29) is 24.0 Å². The first kappa shape index (κ1) is 24.2. The fourth-order valence-electron chi connectivity index (χ4n) is 3.41. The van der Waals surface area contributed by atoms with Gasteiger partial charge in [-0.2, -0.15) is 0 Å². The molecule has 0 spiro atoms. The Morgan fingerprint density at radius 3 is 2.37 bits per heavy atom. The molecule has 1 fully saturated rings. The Morgan fingerprint density at radius 1 is 1.11 bits per heavy atom. The predicted octanol–water partition coefficient (Wildman–Crippen LogP) is 3.78. The highest BCUT2D eigenvalue weighted by Gasteiger charge is 2.12. The average molecular weight is 507 g/mol. The number of guanidine groups is 1. The van der Waals surface area contributed by atoms with Gasteiger partial charge in [-0.25, -0.2) is 8.42 Å². The van der Waals surface area contributed by atoms with E-state index in [0.29, 0.717) is 4.90 Å². The van der Waals surface area contributed by atoms with Crippen LogP contribution in [0.5, 0.6) is 0 Å². The number of aliphatic imine (C=N–C) groups is 1. The van der Waals surface area contributed by atoms with Gasteiger partial charge in [0.2, 0.25) is 0 Å². The van der Waals surface area contributed by atoms with Gasteiger partial charge >= 0.3 is 0 Å². The Hall–Kier alpha value is -0.830. The summed E-state index contributed by atoms with van der Waals surface area (Å²) < 4.78 is 23.0. The van der Waals surface area contributed by atoms with Gasteiger partial charge in [0.1, 0.15) is 0 Å². The molecule has 0 heterocycles. The zero-order valence-electron chi connectivity index (χ0n) is 16.5. The average Bonchev–Trinajstić information content (AvgIpc) is 2.62. The zero-order valence-corrected chi connectivity index (χ0v) is 19.7. The van der Waals surface area contributed by atoms with Crippen molar-refractivity contribution in [3.8, 4) is 0 Å². The third-order valence-corrected chi connectivity index (χ3v) is 6.06. The van der Waals surface area contributed by atoms with Crippen molar-refractivity contribution < 1.29 is 8.42 Å². The first-order valence-electron chi connectivity index (χ1n) is 9.80. The zero-order chi connectivity index (χ0) is 18.8. The summed E-state index contributed by atoms with van der Waals surface area (Å²) in [6.45, 7) is 4.57. The van der Waals surface area contributed by atoms with Gasteiger partial charge in [-0.05, 0) is 43.4 Å². The number of sulfone groups is 1. The molecule has 0 radical (unpaired) electrons. The first-order valence-corrected chi connectivity index (χ1v) is 11.7. The summed E-state index contributed by atoms with van der Waals surface area (Å²) >= 11 is 0. The van der Waals surface area contributed by atoms with Gasteiger partial charge in [0, 0.05) is 25.9 Å². The molecule has 2 rings (SSSR count). The number of nitrogens with zero attached hydrogens (tertiary/aromatic N) is 1. The Labute approximate surface area is 181 Å². The predicted molar refractivity (Wildman–Crippen MR) is 124 cm³/mol. The Kier molecular flexibility index (Phi) is 11.3. The highest BCUT2D eigenvalue weighted by atomic mass is 127. The van der Waals surface area contributed by atoms with Crippen LogP contribution < -0.4 is 10.6 Å². The first-order chi connectivity index (χ1) is 12.5. The maximum absolute atomic E-state index is 11.5. The van der Waals surface area contributed by atoms with Crippen molar-refractivity contribution in [2.24, 2.45) is 10.9 Å². The number of benzene rings is 1. The van der Waals surface area contributed by atoms with Crippen molar-refractivity contribution in [1.29, 1.82) is 0 Å². The van der Waals surface area contributed by atoms with Gasteiger partial charge in [-0.3, -0.25) is 4.99 Å². The van der Waals surface area contributed by atoms with Gasteiger partial charge in [-0.1, -0.05) is 44.2 Å². The second-order valence-corrected chi connectivity index (χ2v) is 9.16. The van der Waals surface area contributed by atoms with Gasteiger partial charge in [-0.15, -0.1) is 24.0 Å². The Bertz CT molecular complexity index is 669. The van der Waals surface area contributed by atoms with Crippen molar-refractivity contribution in [2.45, 2.75) is 56.8 Å². The molecule has 0 atom stereocenters. The number of rotatable bonds is 8. The highest BCUT2D eigenvalue weighted by molar-refractivity contribution is 14.0. The fourth-order valence-corrected chi connectivity index (χ4v) is 4.04. The Morgan fingerprint density at radius 2 is 1.78 bits per heavy atom. The minimum atomic E-state index is -3.13. The van der Waals surface area contributed by atoms with E-state index in [1.54, 1.807) is 12.1 Å². The van der Waals surface area contributed by atoms with E-state index in [0.717, 1.165) is 43.5 Å². The molecule has 1 aromatic rings. The molecule has 0 aliphatic heterocycles. The Balaban J connectivity index is 0.00000364. The minimum Gasteiger partial charge on any atom is -0.357 e. The molecule has 5 nitrogen and oxygen atoms in total. The van der Waals surface area contributed by atoms with Crippen LogP contribution >= 0.6 is 24.0 Å². The van der Waals surface area contributed by atoms with E-state index < -0.39 is 9.84 Å². The second-order valence-electron chi connectivity index (χ2n) is 7.15. The lowest BCUT2D eigenvalue weighted by atomic mass is 9.87. The molecular formula is C20H34IN3O2S. The molecule has 27 heavy (non-hydrogen) atoms. The summed E-state index contributed by atoms with van der Waals surface area (Å²) in [7, 11) is -3.13. The summed E-state index contributed by atoms with van der Waals surface area (Å²) in [5.41, 5.74) is 1.11. The molecule has 7 heteroatoms. The molecule has 0 amide bonds. The van der Waals surface area contributed by atoms with Crippen LogP contribution in [0.2, 0.25) is 0 Å². The molecule has 1 aromatic carbocycles. The summed E-state index contributed by atoms with van der Waals surface area (Å²) in [6.07, 6.45) is 10.1. The van der Waals surface area contributed by atoms with E-state index in [4.69, 9.17) is 4.99 Å². The third-order valence-electron chi connectivity index (χ3n) is 4.93. The van der Waals surface area contributed by atoms with E-state index in [2.05, 4.69) is 17.6 Å². The topological polar surface area (TPSA) is 70.6 Å². The van der Waals surface area contributed by atoms with Crippen LogP contribution in [0, 0.1) is 5.92 Å². The molecule has 0 aromatic heterocycles. The lowest BCUT2D eigenvalue weighted by Gasteiger charge is -2.20. The van der Waals surface area contributed by atoms with Gasteiger partial charge in [0.15, 0.2) is 15.8 Å². The molecule has 0 bridgehead atoms. The van der Waals surface area contributed by atoms with Crippen molar-refractivity contribution in [1.82, 2.24) is 10.6 Å². The fraction of sp³-hybridized carbons (Fsp3) is 0.650. The third kappa shape index (κ3) is 9.27. The van der Waals surface area contributed by atoms with Crippen LogP contribution in [-0.4, -0.2) is 40.3 Å². The van der Waals surface area contributed by atoms with E-state index >= 15 is 0 Å². The number of nitrogens with one attached hydrogen (secondary N) is 2. The van der Waals surface area contributed by atoms with Gasteiger partial charge in [0.05, 0.1) is 4.90 Å². The van der Waals surface area contributed by atoms with Crippen LogP contribution in [0.1, 0.15) is 51.0 Å². The normalized spacial score (nSPS) is 15.9.